The zero-order valence-electron chi connectivity index (χ0n) is 10.8. The molecule has 2 rings (SSSR count). The van der Waals surface area contributed by atoms with Crippen LogP contribution < -0.4 is 0 Å². The van der Waals surface area contributed by atoms with Crippen LogP contribution in [0.1, 0.15) is 25.3 Å². The van der Waals surface area contributed by atoms with Gasteiger partial charge in [0.25, 0.3) is 10.0 Å². The highest BCUT2D eigenvalue weighted by molar-refractivity contribution is 7.91. The Labute approximate surface area is 122 Å². The van der Waals surface area contributed by atoms with E-state index in [1.165, 1.54) is 4.31 Å². The van der Waals surface area contributed by atoms with E-state index in [9.17, 15) is 13.2 Å². The second kappa shape index (κ2) is 5.52. The van der Waals surface area contributed by atoms with Gasteiger partial charge < -0.3 is 0 Å². The summed E-state index contributed by atoms with van der Waals surface area (Å²) in [5.41, 5.74) is 0.781. The highest BCUT2D eigenvalue weighted by Gasteiger charge is 2.32. The largest absolute Gasteiger partial charge is 0.300 e. The molecule has 0 aromatic carbocycles. The quantitative estimate of drug-likeness (QED) is 0.860. The molecule has 1 aromatic rings. The lowest BCUT2D eigenvalue weighted by Gasteiger charge is -2.29. The van der Waals surface area contributed by atoms with Crippen LogP contribution in [0.4, 0.5) is 0 Å². The first kappa shape index (κ1) is 15.0. The van der Waals surface area contributed by atoms with Gasteiger partial charge in [-0.1, -0.05) is 11.6 Å². The van der Waals surface area contributed by atoms with E-state index in [-0.39, 0.29) is 15.9 Å². The van der Waals surface area contributed by atoms with Gasteiger partial charge in [0.1, 0.15) is 9.99 Å². The lowest BCUT2D eigenvalue weighted by Crippen LogP contribution is -2.39. The first-order valence-corrected chi connectivity index (χ1v) is 8.72. The van der Waals surface area contributed by atoms with Crippen LogP contribution in [-0.2, 0) is 14.8 Å². The lowest BCUT2D eigenvalue weighted by atomic mass is 9.95. The van der Waals surface area contributed by atoms with Crippen molar-refractivity contribution in [3.8, 4) is 0 Å². The molecular weight excluding hydrogens is 306 g/mol. The van der Waals surface area contributed by atoms with Gasteiger partial charge in [-0.05, 0) is 38.3 Å². The maximum absolute atomic E-state index is 12.4. The number of carbonyl (C=O) groups is 1. The molecule has 1 saturated heterocycles. The molecule has 106 valence electrons. The highest BCUT2D eigenvalue weighted by atomic mass is 35.5. The average molecular weight is 322 g/mol. The Morgan fingerprint density at radius 1 is 1.42 bits per heavy atom. The predicted molar refractivity (Wildman–Crippen MR) is 76.2 cm³/mol. The van der Waals surface area contributed by atoms with Crippen molar-refractivity contribution in [3.05, 3.63) is 16.0 Å². The molecule has 0 unspecified atom stereocenters. The van der Waals surface area contributed by atoms with E-state index in [1.54, 1.807) is 19.9 Å². The number of halogens is 1. The predicted octanol–water partition coefficient (Wildman–Crippen LogP) is 2.70. The number of carbonyl (C=O) groups excluding carboxylic acids is 1. The van der Waals surface area contributed by atoms with Crippen LogP contribution in [0.2, 0.25) is 4.34 Å². The minimum Gasteiger partial charge on any atom is -0.300 e. The average Bonchev–Trinajstić information content (AvgIpc) is 2.70. The third kappa shape index (κ3) is 3.02. The zero-order chi connectivity index (χ0) is 14.2. The van der Waals surface area contributed by atoms with Crippen LogP contribution in [0.5, 0.6) is 0 Å². The number of hydrogen-bond donors (Lipinski definition) is 0. The molecule has 4 nitrogen and oxygen atoms in total. The number of aryl methyl sites for hydroxylation is 1. The molecule has 19 heavy (non-hydrogen) atoms. The second-order valence-electron chi connectivity index (χ2n) is 4.81. The van der Waals surface area contributed by atoms with Gasteiger partial charge in [-0.2, -0.15) is 4.31 Å². The Morgan fingerprint density at radius 2 is 2.00 bits per heavy atom. The Balaban J connectivity index is 2.16. The molecule has 0 N–H and O–H groups in total. The number of sulfonamides is 1. The molecule has 2 heterocycles. The number of nitrogens with zero attached hydrogens (tertiary/aromatic N) is 1. The minimum absolute atomic E-state index is 0.000102. The molecule has 1 aromatic heterocycles. The van der Waals surface area contributed by atoms with Crippen LogP contribution in [0, 0.1) is 12.8 Å². The summed E-state index contributed by atoms with van der Waals surface area (Å²) in [6.45, 7) is 4.17. The smallest absolute Gasteiger partial charge is 0.252 e. The van der Waals surface area contributed by atoms with Gasteiger partial charge in [-0.25, -0.2) is 8.42 Å². The topological polar surface area (TPSA) is 54.5 Å². The first-order valence-electron chi connectivity index (χ1n) is 6.09. The highest BCUT2D eigenvalue weighted by Crippen LogP contribution is 2.33. The number of thiophene rings is 1. The molecule has 7 heteroatoms. The molecule has 1 aliphatic rings. The van der Waals surface area contributed by atoms with E-state index < -0.39 is 10.0 Å². The van der Waals surface area contributed by atoms with Crippen molar-refractivity contribution in [2.45, 2.75) is 30.9 Å². The van der Waals surface area contributed by atoms with Crippen LogP contribution >= 0.6 is 22.9 Å². The Bertz CT molecular complexity index is 567. The molecule has 0 saturated carbocycles. The summed E-state index contributed by atoms with van der Waals surface area (Å²) in [4.78, 5) is 11.3. The van der Waals surface area contributed by atoms with E-state index in [4.69, 9.17) is 11.6 Å². The van der Waals surface area contributed by atoms with Crippen LogP contribution in [0.3, 0.4) is 0 Å². The second-order valence-corrected chi connectivity index (χ2v) is 8.63. The molecule has 1 fully saturated rings. The Hall–Kier alpha value is -0.430. The van der Waals surface area contributed by atoms with Crippen LogP contribution in [0.15, 0.2) is 10.3 Å². The number of Topliss-reactive ketones (excluding diaryl/α,β-unsaturated/α-hetero) is 1. The Kier molecular flexibility index (Phi) is 4.35. The maximum atomic E-state index is 12.4. The molecule has 0 aliphatic carbocycles. The van der Waals surface area contributed by atoms with Crippen molar-refractivity contribution in [1.29, 1.82) is 0 Å². The van der Waals surface area contributed by atoms with Crippen molar-refractivity contribution < 1.29 is 13.2 Å². The summed E-state index contributed by atoms with van der Waals surface area (Å²) >= 11 is 7.02. The van der Waals surface area contributed by atoms with Crippen molar-refractivity contribution in [2.75, 3.05) is 13.1 Å². The van der Waals surface area contributed by atoms with Gasteiger partial charge in [-0.15, -0.1) is 11.3 Å². The van der Waals surface area contributed by atoms with Gasteiger partial charge in [0.15, 0.2) is 0 Å². The standard InChI is InChI=1S/C12H16ClNO3S2/c1-8-7-11(18-12(8)13)19(16,17)14-5-3-10(4-6-14)9(2)15/h7,10H,3-6H2,1-2H3. The van der Waals surface area contributed by atoms with Crippen molar-refractivity contribution in [1.82, 2.24) is 4.31 Å². The number of piperidine rings is 1. The van der Waals surface area contributed by atoms with Crippen LogP contribution in [-0.4, -0.2) is 31.6 Å². The van der Waals surface area contributed by atoms with E-state index in [1.807, 2.05) is 0 Å². The third-order valence-electron chi connectivity index (χ3n) is 3.46. The summed E-state index contributed by atoms with van der Waals surface area (Å²) in [6.07, 6.45) is 1.21. The summed E-state index contributed by atoms with van der Waals surface area (Å²) in [5.74, 6) is 0.146. The first-order chi connectivity index (χ1) is 8.82. The molecular formula is C12H16ClNO3S2. The fourth-order valence-electron chi connectivity index (χ4n) is 2.19. The number of rotatable bonds is 3. The molecule has 0 amide bonds. The normalized spacial score (nSPS) is 18.7. The zero-order valence-corrected chi connectivity index (χ0v) is 13.2. The molecule has 0 atom stereocenters. The van der Waals surface area contributed by atoms with E-state index in [0.29, 0.717) is 30.3 Å². The summed E-state index contributed by atoms with van der Waals surface area (Å²) in [6, 6.07) is 1.61. The van der Waals surface area contributed by atoms with Gasteiger partial charge >= 0.3 is 0 Å². The molecule has 0 bridgehead atoms. The van der Waals surface area contributed by atoms with E-state index >= 15 is 0 Å². The summed E-state index contributed by atoms with van der Waals surface area (Å²) < 4.78 is 27.1. The van der Waals surface area contributed by atoms with E-state index in [0.717, 1.165) is 16.9 Å². The van der Waals surface area contributed by atoms with Crippen molar-refractivity contribution in [3.63, 3.8) is 0 Å². The summed E-state index contributed by atoms with van der Waals surface area (Å²) in [7, 11) is -3.46. The van der Waals surface area contributed by atoms with Gasteiger partial charge in [0.2, 0.25) is 0 Å². The minimum atomic E-state index is -3.46. The number of hydrogen-bond acceptors (Lipinski definition) is 4. The van der Waals surface area contributed by atoms with E-state index in [2.05, 4.69) is 0 Å². The van der Waals surface area contributed by atoms with Gasteiger partial charge in [0.05, 0.1) is 4.34 Å². The Morgan fingerprint density at radius 3 is 2.42 bits per heavy atom. The lowest BCUT2D eigenvalue weighted by molar-refractivity contribution is -0.121. The third-order valence-corrected chi connectivity index (χ3v) is 7.36. The van der Waals surface area contributed by atoms with Crippen LogP contribution in [0.25, 0.3) is 0 Å². The summed E-state index contributed by atoms with van der Waals surface area (Å²) in [5, 5.41) is 0. The van der Waals surface area contributed by atoms with Gasteiger partial charge in [-0.3, -0.25) is 4.79 Å². The molecule has 0 spiro atoms. The molecule has 0 radical (unpaired) electrons. The van der Waals surface area contributed by atoms with Crippen molar-refractivity contribution in [2.24, 2.45) is 5.92 Å². The number of ketones is 1. The maximum Gasteiger partial charge on any atom is 0.252 e. The SMILES string of the molecule is CC(=O)C1CCN(S(=O)(=O)c2cc(C)c(Cl)s2)CC1. The monoisotopic (exact) mass is 321 g/mol. The fraction of sp³-hybridized carbons (Fsp3) is 0.583. The van der Waals surface area contributed by atoms with Gasteiger partial charge in [0, 0.05) is 19.0 Å². The van der Waals surface area contributed by atoms with Crippen molar-refractivity contribution >= 4 is 38.7 Å². The fourth-order valence-corrected chi connectivity index (χ4v) is 5.52. The molecule has 1 aliphatic heterocycles.